The van der Waals surface area contributed by atoms with E-state index in [1.807, 2.05) is 0 Å². The van der Waals surface area contributed by atoms with E-state index in [4.69, 9.17) is 10.4 Å². The quantitative estimate of drug-likeness (QED) is 0.527. The third kappa shape index (κ3) is 3.08. The molecule has 2 heterocycles. The van der Waals surface area contributed by atoms with Gasteiger partial charge in [-0.1, -0.05) is 5.16 Å². The summed E-state index contributed by atoms with van der Waals surface area (Å²) in [6, 6.07) is 4.73. The van der Waals surface area contributed by atoms with Crippen molar-refractivity contribution in [2.24, 2.45) is 5.84 Å². The minimum Gasteiger partial charge on any atom is -0.360 e. The topological polar surface area (TPSA) is 123 Å². The van der Waals surface area contributed by atoms with Gasteiger partial charge < -0.3 is 9.95 Å². The molecule has 19 heavy (non-hydrogen) atoms. The first-order chi connectivity index (χ1) is 9.03. The Labute approximate surface area is 110 Å². The molecule has 9 heteroatoms. The lowest BCUT2D eigenvalue weighted by molar-refractivity contribution is 0.377. The summed E-state index contributed by atoms with van der Waals surface area (Å²) in [5, 5.41) is 3.49. The summed E-state index contributed by atoms with van der Waals surface area (Å²) in [6.45, 7) is 1.74. The molecule has 2 rings (SSSR count). The fourth-order valence-electron chi connectivity index (χ4n) is 1.45. The van der Waals surface area contributed by atoms with E-state index < -0.39 is 10.0 Å². The number of nitrogens with zero attached hydrogens (tertiary/aromatic N) is 2. The van der Waals surface area contributed by atoms with E-state index in [0.717, 1.165) is 0 Å². The fourth-order valence-corrected chi connectivity index (χ4v) is 2.53. The highest BCUT2D eigenvalue weighted by molar-refractivity contribution is 7.89. The van der Waals surface area contributed by atoms with E-state index in [1.54, 1.807) is 19.1 Å². The molecule has 4 N–H and O–H groups in total. The van der Waals surface area contributed by atoms with Crippen LogP contribution in [-0.4, -0.2) is 18.6 Å². The smallest absolute Gasteiger partial charge is 0.260 e. The van der Waals surface area contributed by atoms with Gasteiger partial charge in [-0.25, -0.2) is 18.1 Å². The maximum atomic E-state index is 12.1. The van der Waals surface area contributed by atoms with E-state index >= 15 is 0 Å². The molecule has 0 saturated heterocycles. The van der Waals surface area contributed by atoms with E-state index in [9.17, 15) is 8.42 Å². The highest BCUT2D eigenvalue weighted by Crippen LogP contribution is 2.16. The average Bonchev–Trinajstić information content (AvgIpc) is 2.82. The second-order valence-corrected chi connectivity index (χ2v) is 5.44. The van der Waals surface area contributed by atoms with Crippen molar-refractivity contribution < 1.29 is 12.9 Å². The zero-order valence-corrected chi connectivity index (χ0v) is 10.9. The summed E-state index contributed by atoms with van der Waals surface area (Å²) >= 11 is 0. The summed E-state index contributed by atoms with van der Waals surface area (Å²) in [6.07, 6.45) is 1.37. The molecule has 0 saturated carbocycles. The van der Waals surface area contributed by atoms with Crippen LogP contribution in [0.4, 0.5) is 5.69 Å². The lowest BCUT2D eigenvalue weighted by Gasteiger charge is -2.08. The fraction of sp³-hybridized carbons (Fsp3) is 0.200. The van der Waals surface area contributed by atoms with Crippen molar-refractivity contribution in [2.45, 2.75) is 18.5 Å². The molecule has 0 spiro atoms. The van der Waals surface area contributed by atoms with Crippen molar-refractivity contribution in [2.75, 3.05) is 5.43 Å². The normalized spacial score (nSPS) is 11.5. The third-order valence-electron chi connectivity index (χ3n) is 2.29. The minimum absolute atomic E-state index is 0.0102. The molecule has 8 nitrogen and oxygen atoms in total. The van der Waals surface area contributed by atoms with Crippen molar-refractivity contribution in [3.05, 3.63) is 35.9 Å². The van der Waals surface area contributed by atoms with Crippen LogP contribution < -0.4 is 16.0 Å². The number of nitrogens with one attached hydrogen (secondary N) is 2. The van der Waals surface area contributed by atoms with E-state index in [1.165, 1.54) is 12.3 Å². The van der Waals surface area contributed by atoms with Gasteiger partial charge in [-0.2, -0.15) is 0 Å². The Bertz CT molecular complexity index is 667. The molecule has 2 aromatic heterocycles. The number of nitrogens with two attached hydrogens (primary N) is 1. The molecule has 0 amide bonds. The minimum atomic E-state index is -3.78. The molecular weight excluding hydrogens is 270 g/mol. The lowest BCUT2D eigenvalue weighted by atomic mass is 10.4. The van der Waals surface area contributed by atoms with Gasteiger partial charge >= 0.3 is 0 Å². The summed E-state index contributed by atoms with van der Waals surface area (Å²) < 4.78 is 31.4. The molecule has 0 aromatic carbocycles. The van der Waals surface area contributed by atoms with Crippen LogP contribution in [0.2, 0.25) is 0 Å². The Morgan fingerprint density at radius 2 is 2.26 bits per heavy atom. The predicted molar refractivity (Wildman–Crippen MR) is 67.3 cm³/mol. The van der Waals surface area contributed by atoms with Gasteiger partial charge in [0.2, 0.25) is 0 Å². The van der Waals surface area contributed by atoms with Crippen LogP contribution in [0.1, 0.15) is 11.5 Å². The van der Waals surface area contributed by atoms with Crippen molar-refractivity contribution >= 4 is 15.7 Å². The number of aryl methyl sites for hydroxylation is 1. The SMILES string of the molecule is Cc1cc(CNS(=O)(=O)c2ncccc2NN)on1. The standard InChI is InChI=1S/C10H13N5O3S/c1-7-5-8(18-15-7)6-13-19(16,17)10-9(14-11)3-2-4-12-10/h2-5,13-14H,6,11H2,1H3. The van der Waals surface area contributed by atoms with E-state index in [0.29, 0.717) is 11.5 Å². The van der Waals surface area contributed by atoms with Crippen molar-refractivity contribution in [1.82, 2.24) is 14.9 Å². The van der Waals surface area contributed by atoms with Crippen molar-refractivity contribution in [1.29, 1.82) is 0 Å². The predicted octanol–water partition coefficient (Wildman–Crippen LogP) is 0.142. The van der Waals surface area contributed by atoms with Crippen molar-refractivity contribution in [3.8, 4) is 0 Å². The van der Waals surface area contributed by atoms with Crippen LogP contribution in [0.5, 0.6) is 0 Å². The summed E-state index contributed by atoms with van der Waals surface area (Å²) in [5.74, 6) is 5.66. The highest BCUT2D eigenvalue weighted by atomic mass is 32.2. The second-order valence-electron chi connectivity index (χ2n) is 3.76. The molecule has 102 valence electrons. The number of pyridine rings is 1. The largest absolute Gasteiger partial charge is 0.360 e. The Morgan fingerprint density at radius 1 is 1.47 bits per heavy atom. The number of rotatable bonds is 5. The molecule has 2 aromatic rings. The molecule has 0 aliphatic rings. The number of sulfonamides is 1. The second kappa shape index (κ2) is 5.34. The number of hydrogen-bond acceptors (Lipinski definition) is 7. The number of hydrogen-bond donors (Lipinski definition) is 3. The van der Waals surface area contributed by atoms with Crippen LogP contribution in [0.3, 0.4) is 0 Å². The molecule has 0 aliphatic carbocycles. The Hall–Kier alpha value is -1.97. The van der Waals surface area contributed by atoms with Gasteiger partial charge in [-0.3, -0.25) is 5.84 Å². The zero-order valence-electron chi connectivity index (χ0n) is 10.1. The number of anilines is 1. The van der Waals surface area contributed by atoms with Gasteiger partial charge in [-0.05, 0) is 19.1 Å². The molecule has 0 unspecified atom stereocenters. The number of aromatic nitrogens is 2. The van der Waals surface area contributed by atoms with Gasteiger partial charge in [0, 0.05) is 12.3 Å². The number of hydrazine groups is 1. The van der Waals surface area contributed by atoms with Gasteiger partial charge in [0.15, 0.2) is 10.8 Å². The third-order valence-corrected chi connectivity index (χ3v) is 3.65. The lowest BCUT2D eigenvalue weighted by Crippen LogP contribution is -2.25. The Kier molecular flexibility index (Phi) is 3.79. The molecular formula is C10H13N5O3S. The summed E-state index contributed by atoms with van der Waals surface area (Å²) in [7, 11) is -3.78. The van der Waals surface area contributed by atoms with Gasteiger partial charge in [0.25, 0.3) is 10.0 Å². The molecule has 0 aliphatic heterocycles. The molecule has 0 radical (unpaired) electrons. The van der Waals surface area contributed by atoms with Gasteiger partial charge in [0.05, 0.1) is 17.9 Å². The average molecular weight is 283 g/mol. The first-order valence-electron chi connectivity index (χ1n) is 5.36. The zero-order chi connectivity index (χ0) is 13.9. The first kappa shape index (κ1) is 13.5. The highest BCUT2D eigenvalue weighted by Gasteiger charge is 2.20. The van der Waals surface area contributed by atoms with Gasteiger partial charge in [0.1, 0.15) is 0 Å². The number of nitrogen functional groups attached to an aromatic ring is 1. The molecule has 0 fully saturated rings. The monoisotopic (exact) mass is 283 g/mol. The van der Waals surface area contributed by atoms with Crippen LogP contribution >= 0.6 is 0 Å². The van der Waals surface area contributed by atoms with Crippen LogP contribution in [0.15, 0.2) is 33.9 Å². The summed E-state index contributed by atoms with van der Waals surface area (Å²) in [4.78, 5) is 3.80. The maximum absolute atomic E-state index is 12.1. The first-order valence-corrected chi connectivity index (χ1v) is 6.85. The van der Waals surface area contributed by atoms with Crippen LogP contribution in [-0.2, 0) is 16.6 Å². The molecule has 0 bridgehead atoms. The van der Waals surface area contributed by atoms with Gasteiger partial charge in [-0.15, -0.1) is 0 Å². The maximum Gasteiger partial charge on any atom is 0.260 e. The van der Waals surface area contributed by atoms with E-state index in [2.05, 4.69) is 20.3 Å². The van der Waals surface area contributed by atoms with Crippen molar-refractivity contribution in [3.63, 3.8) is 0 Å². The van der Waals surface area contributed by atoms with Crippen LogP contribution in [0, 0.1) is 6.92 Å². The molecule has 0 atom stereocenters. The Morgan fingerprint density at radius 3 is 2.89 bits per heavy atom. The Balaban J connectivity index is 2.18. The van der Waals surface area contributed by atoms with E-state index in [-0.39, 0.29) is 17.3 Å². The van der Waals surface area contributed by atoms with Crippen LogP contribution in [0.25, 0.3) is 0 Å². The summed E-state index contributed by atoms with van der Waals surface area (Å²) in [5.41, 5.74) is 3.18.